The molecule has 5 nitrogen and oxygen atoms in total. The molecule has 0 aliphatic heterocycles. The Hall–Kier alpha value is -3.32. The third kappa shape index (κ3) is 4.69. The molecule has 0 unspecified atom stereocenters. The second kappa shape index (κ2) is 8.14. The summed E-state index contributed by atoms with van der Waals surface area (Å²) in [6.45, 7) is 1.62. The molecular weight excluding hydrogens is 379 g/mol. The quantitative estimate of drug-likeness (QED) is 0.661. The Balaban J connectivity index is 1.74. The number of aryl methyl sites for hydroxylation is 1. The number of anilines is 1. The van der Waals surface area contributed by atoms with Crippen LogP contribution in [0.25, 0.3) is 6.08 Å². The van der Waals surface area contributed by atoms with Crippen LogP contribution in [0, 0.1) is 12.7 Å². The van der Waals surface area contributed by atoms with E-state index >= 15 is 0 Å². The van der Waals surface area contributed by atoms with E-state index in [9.17, 15) is 17.6 Å². The highest BCUT2D eigenvalue weighted by Crippen LogP contribution is 2.24. The molecule has 1 amide bonds. The van der Waals surface area contributed by atoms with Crippen molar-refractivity contribution in [1.29, 1.82) is 0 Å². The summed E-state index contributed by atoms with van der Waals surface area (Å²) in [7, 11) is -3.85. The van der Waals surface area contributed by atoms with E-state index in [0.29, 0.717) is 11.3 Å². The molecule has 28 heavy (non-hydrogen) atoms. The van der Waals surface area contributed by atoms with Gasteiger partial charge in [0.2, 0.25) is 15.7 Å². The number of pyridine rings is 1. The molecule has 2 aromatic carbocycles. The minimum atomic E-state index is -3.85. The lowest BCUT2D eigenvalue weighted by Crippen LogP contribution is -2.08. The van der Waals surface area contributed by atoms with Crippen molar-refractivity contribution in [3.63, 3.8) is 0 Å². The number of rotatable bonds is 5. The van der Waals surface area contributed by atoms with Gasteiger partial charge in [0, 0.05) is 24.2 Å². The van der Waals surface area contributed by atoms with Crippen LogP contribution in [0.4, 0.5) is 10.1 Å². The second-order valence-corrected chi connectivity index (χ2v) is 8.05. The monoisotopic (exact) mass is 396 g/mol. The van der Waals surface area contributed by atoms with E-state index in [1.54, 1.807) is 31.5 Å². The van der Waals surface area contributed by atoms with Crippen LogP contribution >= 0.6 is 0 Å². The topological polar surface area (TPSA) is 76.1 Å². The molecule has 142 valence electrons. The van der Waals surface area contributed by atoms with Gasteiger partial charge < -0.3 is 5.32 Å². The number of hydrogen-bond donors (Lipinski definition) is 1. The van der Waals surface area contributed by atoms with Crippen molar-refractivity contribution in [2.75, 3.05) is 5.32 Å². The number of sulfone groups is 1. The van der Waals surface area contributed by atoms with E-state index in [2.05, 4.69) is 10.3 Å². The van der Waals surface area contributed by atoms with Crippen LogP contribution in [0.5, 0.6) is 0 Å². The van der Waals surface area contributed by atoms with Crippen molar-refractivity contribution in [2.24, 2.45) is 0 Å². The third-order valence-electron chi connectivity index (χ3n) is 3.87. The number of nitrogens with zero attached hydrogens (tertiary/aromatic N) is 1. The Kier molecular flexibility index (Phi) is 5.65. The smallest absolute Gasteiger partial charge is 0.248 e. The standard InChI is InChI=1S/C21H17FN2O3S/c1-15-11-17(22)13-20(12-15)28(26,27)19-7-5-18(6-8-19)24-21(25)9-4-16-3-2-10-23-14-16/h2-14H,1H3,(H,24,25). The van der Waals surface area contributed by atoms with Gasteiger partial charge in [-0.05, 0) is 72.7 Å². The van der Waals surface area contributed by atoms with Gasteiger partial charge in [0.05, 0.1) is 9.79 Å². The van der Waals surface area contributed by atoms with E-state index in [4.69, 9.17) is 0 Å². The van der Waals surface area contributed by atoms with Crippen LogP contribution in [-0.4, -0.2) is 19.3 Å². The van der Waals surface area contributed by atoms with E-state index < -0.39 is 15.7 Å². The lowest BCUT2D eigenvalue weighted by Gasteiger charge is -2.08. The van der Waals surface area contributed by atoms with Crippen LogP contribution in [0.15, 0.2) is 82.9 Å². The number of aromatic nitrogens is 1. The van der Waals surface area contributed by atoms with Crippen molar-refractivity contribution in [2.45, 2.75) is 16.7 Å². The maximum absolute atomic E-state index is 13.6. The third-order valence-corrected chi connectivity index (χ3v) is 5.62. The minimum Gasteiger partial charge on any atom is -0.323 e. The molecule has 0 radical (unpaired) electrons. The van der Waals surface area contributed by atoms with E-state index in [1.165, 1.54) is 42.5 Å². The van der Waals surface area contributed by atoms with Gasteiger partial charge in [0.15, 0.2) is 0 Å². The van der Waals surface area contributed by atoms with Crippen molar-refractivity contribution in [1.82, 2.24) is 4.98 Å². The van der Waals surface area contributed by atoms with Gasteiger partial charge in [0.25, 0.3) is 0 Å². The van der Waals surface area contributed by atoms with Gasteiger partial charge in [0.1, 0.15) is 5.82 Å². The molecule has 3 aromatic rings. The summed E-state index contributed by atoms with van der Waals surface area (Å²) in [4.78, 5) is 15.8. The van der Waals surface area contributed by atoms with Crippen LogP contribution in [0.3, 0.4) is 0 Å². The minimum absolute atomic E-state index is 0.0152. The normalized spacial score (nSPS) is 11.5. The van der Waals surface area contributed by atoms with Crippen LogP contribution in [0.2, 0.25) is 0 Å². The fourth-order valence-electron chi connectivity index (χ4n) is 2.54. The Morgan fingerprint density at radius 3 is 2.46 bits per heavy atom. The zero-order chi connectivity index (χ0) is 20.1. The molecule has 1 heterocycles. The molecule has 0 fully saturated rings. The van der Waals surface area contributed by atoms with Gasteiger partial charge in [-0.25, -0.2) is 12.8 Å². The first-order valence-corrected chi connectivity index (χ1v) is 9.84. The molecule has 0 saturated carbocycles. The molecule has 0 aliphatic carbocycles. The first kappa shape index (κ1) is 19.4. The Bertz CT molecular complexity index is 1110. The van der Waals surface area contributed by atoms with Crippen molar-refractivity contribution in [3.8, 4) is 0 Å². The molecule has 0 aliphatic rings. The van der Waals surface area contributed by atoms with E-state index in [-0.39, 0.29) is 15.7 Å². The maximum atomic E-state index is 13.6. The summed E-state index contributed by atoms with van der Waals surface area (Å²) in [5, 5.41) is 2.65. The van der Waals surface area contributed by atoms with Crippen molar-refractivity contribution < 1.29 is 17.6 Å². The number of amides is 1. The predicted octanol–water partition coefficient (Wildman–Crippen LogP) is 4.01. The maximum Gasteiger partial charge on any atom is 0.248 e. The van der Waals surface area contributed by atoms with Crippen LogP contribution < -0.4 is 5.32 Å². The number of hydrogen-bond acceptors (Lipinski definition) is 4. The van der Waals surface area contributed by atoms with E-state index in [1.807, 2.05) is 6.07 Å². The molecule has 0 bridgehead atoms. The molecule has 0 spiro atoms. The number of carbonyl (C=O) groups excluding carboxylic acids is 1. The Labute approximate surface area is 162 Å². The summed E-state index contributed by atoms with van der Waals surface area (Å²) in [6, 6.07) is 12.9. The summed E-state index contributed by atoms with van der Waals surface area (Å²) in [5.74, 6) is -0.969. The van der Waals surface area contributed by atoms with Crippen molar-refractivity contribution in [3.05, 3.63) is 90.0 Å². The van der Waals surface area contributed by atoms with Gasteiger partial charge in [-0.1, -0.05) is 6.07 Å². The fourth-order valence-corrected chi connectivity index (χ4v) is 3.92. The molecular formula is C21H17FN2O3S. The lowest BCUT2D eigenvalue weighted by atomic mass is 10.2. The summed E-state index contributed by atoms with van der Waals surface area (Å²) in [5.41, 5.74) is 1.74. The first-order chi connectivity index (χ1) is 13.3. The molecule has 0 saturated heterocycles. The molecule has 1 N–H and O–H groups in total. The summed E-state index contributed by atoms with van der Waals surface area (Å²) in [6.07, 6.45) is 6.24. The molecule has 0 atom stereocenters. The molecule has 7 heteroatoms. The second-order valence-electron chi connectivity index (χ2n) is 6.10. The van der Waals surface area contributed by atoms with Gasteiger partial charge in [-0.15, -0.1) is 0 Å². The van der Waals surface area contributed by atoms with Gasteiger partial charge in [-0.2, -0.15) is 0 Å². The van der Waals surface area contributed by atoms with Crippen molar-refractivity contribution >= 4 is 27.5 Å². The Morgan fingerprint density at radius 1 is 1.07 bits per heavy atom. The number of benzene rings is 2. The van der Waals surface area contributed by atoms with Gasteiger partial charge in [-0.3, -0.25) is 9.78 Å². The number of nitrogens with one attached hydrogen (secondary N) is 1. The highest BCUT2D eigenvalue weighted by molar-refractivity contribution is 7.91. The van der Waals surface area contributed by atoms with Crippen LogP contribution in [0.1, 0.15) is 11.1 Å². The molecule has 1 aromatic heterocycles. The Morgan fingerprint density at radius 2 is 1.82 bits per heavy atom. The number of carbonyl (C=O) groups is 1. The summed E-state index contributed by atoms with van der Waals surface area (Å²) < 4.78 is 38.9. The fraction of sp³-hybridized carbons (Fsp3) is 0.0476. The zero-order valence-corrected chi connectivity index (χ0v) is 15.8. The average molecular weight is 396 g/mol. The highest BCUT2D eigenvalue weighted by atomic mass is 32.2. The zero-order valence-electron chi connectivity index (χ0n) is 15.0. The lowest BCUT2D eigenvalue weighted by molar-refractivity contribution is -0.111. The van der Waals surface area contributed by atoms with E-state index in [0.717, 1.165) is 11.6 Å². The average Bonchev–Trinajstić information content (AvgIpc) is 2.67. The number of halogens is 1. The molecule has 3 rings (SSSR count). The largest absolute Gasteiger partial charge is 0.323 e. The summed E-state index contributed by atoms with van der Waals surface area (Å²) >= 11 is 0. The van der Waals surface area contributed by atoms with Crippen LogP contribution in [-0.2, 0) is 14.6 Å². The highest BCUT2D eigenvalue weighted by Gasteiger charge is 2.18. The SMILES string of the molecule is Cc1cc(F)cc(S(=O)(=O)c2ccc(NC(=O)C=Cc3cccnc3)cc2)c1. The predicted molar refractivity (Wildman–Crippen MR) is 105 cm³/mol. The van der Waals surface area contributed by atoms with Gasteiger partial charge >= 0.3 is 0 Å². The first-order valence-electron chi connectivity index (χ1n) is 8.36.